The molecule has 7 heteroatoms. The first-order valence-corrected chi connectivity index (χ1v) is 12.8. The van der Waals surface area contributed by atoms with Crippen molar-refractivity contribution in [2.24, 2.45) is 5.92 Å². The summed E-state index contributed by atoms with van der Waals surface area (Å²) in [7, 11) is 0. The van der Waals surface area contributed by atoms with Crippen LogP contribution < -0.4 is 0 Å². The Bertz CT molecular complexity index is 1060. The van der Waals surface area contributed by atoms with Crippen molar-refractivity contribution >= 4 is 45.9 Å². The largest absolute Gasteiger partial charge is 0.451 e. The molecule has 1 aliphatic carbocycles. The lowest BCUT2D eigenvalue weighted by molar-refractivity contribution is -0.136. The summed E-state index contributed by atoms with van der Waals surface area (Å²) in [6, 6.07) is 12.0. The molecule has 2 aliphatic rings. The fourth-order valence-corrected chi connectivity index (χ4v) is 6.42. The highest BCUT2D eigenvalue weighted by atomic mass is 32.2. The fourth-order valence-electron chi connectivity index (χ4n) is 4.61. The van der Waals surface area contributed by atoms with E-state index in [1.165, 1.54) is 4.21 Å². The van der Waals surface area contributed by atoms with Crippen LogP contribution in [0.2, 0.25) is 0 Å². The quantitative estimate of drug-likeness (QED) is 0.494. The van der Waals surface area contributed by atoms with Gasteiger partial charge in [0.2, 0.25) is 5.91 Å². The van der Waals surface area contributed by atoms with Gasteiger partial charge in [-0.15, -0.1) is 23.1 Å². The van der Waals surface area contributed by atoms with E-state index in [4.69, 9.17) is 4.42 Å². The molecule has 31 heavy (non-hydrogen) atoms. The van der Waals surface area contributed by atoms with Crippen molar-refractivity contribution in [2.45, 2.75) is 35.6 Å². The SMILES string of the molecule is O=C(c1oc2ccccc2c1CSc1cccs1)N1CCN(C(=O)C2CCCC2)CC1. The van der Waals surface area contributed by atoms with E-state index in [9.17, 15) is 9.59 Å². The second-order valence-electron chi connectivity index (χ2n) is 8.23. The van der Waals surface area contributed by atoms with Crippen molar-refractivity contribution in [1.82, 2.24) is 9.80 Å². The third-order valence-electron chi connectivity index (χ3n) is 6.33. The maximum atomic E-state index is 13.4. The minimum atomic E-state index is -0.0639. The average Bonchev–Trinajstić information content (AvgIpc) is 3.58. The number of carbonyl (C=O) groups excluding carboxylic acids is 2. The van der Waals surface area contributed by atoms with Gasteiger partial charge >= 0.3 is 0 Å². The number of hydrogen-bond donors (Lipinski definition) is 0. The first-order valence-electron chi connectivity index (χ1n) is 11.0. The van der Waals surface area contributed by atoms with Crippen LogP contribution in [-0.2, 0) is 10.5 Å². The molecule has 162 valence electrons. The van der Waals surface area contributed by atoms with Crippen LogP contribution in [0.4, 0.5) is 0 Å². The molecule has 2 amide bonds. The Hall–Kier alpha value is -2.25. The van der Waals surface area contributed by atoms with E-state index >= 15 is 0 Å². The van der Waals surface area contributed by atoms with Gasteiger partial charge in [-0.1, -0.05) is 37.1 Å². The second-order valence-corrected chi connectivity index (χ2v) is 10.4. The fraction of sp³-hybridized carbons (Fsp3) is 0.417. The molecule has 1 saturated heterocycles. The number of amides is 2. The number of hydrogen-bond acceptors (Lipinski definition) is 5. The van der Waals surface area contributed by atoms with Gasteiger partial charge in [-0.3, -0.25) is 9.59 Å². The molecule has 2 aromatic heterocycles. The van der Waals surface area contributed by atoms with Crippen LogP contribution in [0.15, 0.2) is 50.4 Å². The highest BCUT2D eigenvalue weighted by molar-refractivity contribution is 8.00. The van der Waals surface area contributed by atoms with E-state index in [1.54, 1.807) is 23.1 Å². The minimum absolute atomic E-state index is 0.0639. The number of thiophene rings is 1. The van der Waals surface area contributed by atoms with Crippen molar-refractivity contribution in [3.05, 3.63) is 53.1 Å². The van der Waals surface area contributed by atoms with Crippen molar-refractivity contribution in [3.63, 3.8) is 0 Å². The van der Waals surface area contributed by atoms with Crippen LogP contribution in [0.1, 0.15) is 41.8 Å². The number of nitrogens with zero attached hydrogens (tertiary/aromatic N) is 2. The molecule has 1 aliphatic heterocycles. The zero-order valence-corrected chi connectivity index (χ0v) is 19.1. The first kappa shape index (κ1) is 20.6. The van der Waals surface area contributed by atoms with E-state index in [1.807, 2.05) is 40.1 Å². The summed E-state index contributed by atoms with van der Waals surface area (Å²) in [6.45, 7) is 2.35. The average molecular weight is 455 g/mol. The van der Waals surface area contributed by atoms with Crippen molar-refractivity contribution < 1.29 is 14.0 Å². The van der Waals surface area contributed by atoms with Crippen molar-refractivity contribution in [1.29, 1.82) is 0 Å². The summed E-state index contributed by atoms with van der Waals surface area (Å²) in [5.41, 5.74) is 1.71. The van der Waals surface area contributed by atoms with E-state index in [0.29, 0.717) is 37.7 Å². The molecule has 0 spiro atoms. The Balaban J connectivity index is 1.31. The Morgan fingerprint density at radius 1 is 1.00 bits per heavy atom. The normalized spacial score (nSPS) is 17.5. The molecule has 0 atom stereocenters. The lowest BCUT2D eigenvalue weighted by Crippen LogP contribution is -2.51. The van der Waals surface area contributed by atoms with E-state index in [0.717, 1.165) is 42.2 Å². The van der Waals surface area contributed by atoms with E-state index in [2.05, 4.69) is 11.4 Å². The number of furan rings is 1. The molecule has 5 rings (SSSR count). The summed E-state index contributed by atoms with van der Waals surface area (Å²) >= 11 is 3.44. The minimum Gasteiger partial charge on any atom is -0.451 e. The van der Waals surface area contributed by atoms with Gasteiger partial charge < -0.3 is 14.2 Å². The summed E-state index contributed by atoms with van der Waals surface area (Å²) in [5, 5.41) is 3.07. The number of fused-ring (bicyclic) bond motifs is 1. The number of para-hydroxylation sites is 1. The summed E-state index contributed by atoms with van der Waals surface area (Å²) in [4.78, 5) is 29.9. The van der Waals surface area contributed by atoms with Crippen LogP contribution in [0.3, 0.4) is 0 Å². The predicted molar refractivity (Wildman–Crippen MR) is 125 cm³/mol. The summed E-state index contributed by atoms with van der Waals surface area (Å²) < 4.78 is 7.28. The summed E-state index contributed by atoms with van der Waals surface area (Å²) in [6.07, 6.45) is 4.35. The van der Waals surface area contributed by atoms with Gasteiger partial charge in [0.1, 0.15) is 5.58 Å². The third-order valence-corrected chi connectivity index (χ3v) is 8.49. The topological polar surface area (TPSA) is 53.8 Å². The third kappa shape index (κ3) is 4.26. The molecule has 0 N–H and O–H groups in total. The molecule has 5 nitrogen and oxygen atoms in total. The van der Waals surface area contributed by atoms with E-state index in [-0.39, 0.29) is 17.7 Å². The van der Waals surface area contributed by atoms with Crippen LogP contribution in [0, 0.1) is 5.92 Å². The zero-order valence-electron chi connectivity index (χ0n) is 17.4. The molecule has 0 radical (unpaired) electrons. The molecule has 2 fully saturated rings. The molecular formula is C24H26N2O3S2. The van der Waals surface area contributed by atoms with Crippen LogP contribution in [0.5, 0.6) is 0 Å². The van der Waals surface area contributed by atoms with Gasteiger partial charge in [-0.25, -0.2) is 0 Å². The maximum Gasteiger partial charge on any atom is 0.290 e. The summed E-state index contributed by atoms with van der Waals surface area (Å²) in [5.74, 6) is 1.55. The van der Waals surface area contributed by atoms with Crippen LogP contribution in [0.25, 0.3) is 11.0 Å². The molecule has 0 unspecified atom stereocenters. The lowest BCUT2D eigenvalue weighted by atomic mass is 10.1. The highest BCUT2D eigenvalue weighted by Gasteiger charge is 2.32. The van der Waals surface area contributed by atoms with Crippen LogP contribution in [-0.4, -0.2) is 47.8 Å². The van der Waals surface area contributed by atoms with Crippen molar-refractivity contribution in [2.75, 3.05) is 26.2 Å². The predicted octanol–water partition coefficient (Wildman–Crippen LogP) is 5.26. The number of thioether (sulfide) groups is 1. The molecular weight excluding hydrogens is 428 g/mol. The van der Waals surface area contributed by atoms with Gasteiger partial charge in [-0.2, -0.15) is 0 Å². The number of rotatable bonds is 5. The molecule has 1 saturated carbocycles. The first-order chi connectivity index (χ1) is 15.2. The Morgan fingerprint density at radius 3 is 2.48 bits per heavy atom. The van der Waals surface area contributed by atoms with Gasteiger partial charge in [0.05, 0.1) is 4.21 Å². The monoisotopic (exact) mass is 454 g/mol. The molecule has 3 heterocycles. The lowest BCUT2D eigenvalue weighted by Gasteiger charge is -2.35. The maximum absolute atomic E-state index is 13.4. The standard InChI is InChI=1S/C24H26N2O3S2/c27-23(17-6-1-2-7-17)25-11-13-26(14-12-25)24(28)22-19(16-31-21-10-5-15-30-21)18-8-3-4-9-20(18)29-22/h3-5,8-10,15,17H,1-2,6-7,11-14,16H2. The number of piperazine rings is 1. The zero-order chi connectivity index (χ0) is 21.2. The Kier molecular flexibility index (Phi) is 6.05. The Morgan fingerprint density at radius 2 is 1.74 bits per heavy atom. The number of benzene rings is 1. The van der Waals surface area contributed by atoms with Gasteiger partial charge in [0, 0.05) is 48.8 Å². The smallest absolute Gasteiger partial charge is 0.290 e. The molecule has 3 aromatic rings. The highest BCUT2D eigenvalue weighted by Crippen LogP contribution is 2.34. The molecule has 0 bridgehead atoms. The van der Waals surface area contributed by atoms with Crippen LogP contribution >= 0.6 is 23.1 Å². The van der Waals surface area contributed by atoms with E-state index < -0.39 is 0 Å². The van der Waals surface area contributed by atoms with Gasteiger partial charge in [-0.05, 0) is 30.4 Å². The van der Waals surface area contributed by atoms with Gasteiger partial charge in [0.25, 0.3) is 5.91 Å². The van der Waals surface area contributed by atoms with Gasteiger partial charge in [0.15, 0.2) is 5.76 Å². The van der Waals surface area contributed by atoms with Crippen molar-refractivity contribution in [3.8, 4) is 0 Å². The Labute approximate surface area is 190 Å². The molecule has 1 aromatic carbocycles. The number of carbonyl (C=O) groups is 2. The second kappa shape index (κ2) is 9.09.